The third-order valence-electron chi connectivity index (χ3n) is 4.89. The Kier molecular flexibility index (Phi) is 6.38. The van der Waals surface area contributed by atoms with E-state index in [-0.39, 0.29) is 6.79 Å². The molecule has 4 rings (SSSR count). The zero-order valence-electron chi connectivity index (χ0n) is 18.4. The Balaban J connectivity index is 1.70. The summed E-state index contributed by atoms with van der Waals surface area (Å²) in [6.07, 6.45) is 0. The van der Waals surface area contributed by atoms with Crippen LogP contribution in [0.3, 0.4) is 0 Å². The molecule has 164 valence electrons. The van der Waals surface area contributed by atoms with E-state index in [1.165, 1.54) is 7.11 Å². The lowest BCUT2D eigenvalue weighted by molar-refractivity contribution is 0.0600. The van der Waals surface area contributed by atoms with Gasteiger partial charge in [-0.1, -0.05) is 23.7 Å². The van der Waals surface area contributed by atoms with Crippen molar-refractivity contribution in [1.82, 2.24) is 0 Å². The SMILES string of the molecule is COC(=O)c1ccc(C#Cc2cc(OC)c(OC)cc2C#Cc2ccc3c(c2)OCO3)cc1. The minimum Gasteiger partial charge on any atom is -0.493 e. The molecule has 0 unspecified atom stereocenters. The molecule has 3 aromatic rings. The molecule has 0 saturated heterocycles. The maximum absolute atomic E-state index is 11.6. The van der Waals surface area contributed by atoms with Crippen molar-refractivity contribution < 1.29 is 28.5 Å². The van der Waals surface area contributed by atoms with Gasteiger partial charge in [-0.25, -0.2) is 4.79 Å². The molecule has 0 radical (unpaired) electrons. The van der Waals surface area contributed by atoms with Gasteiger partial charge in [0.1, 0.15) is 0 Å². The quantitative estimate of drug-likeness (QED) is 0.453. The van der Waals surface area contributed by atoms with Crippen LogP contribution in [0, 0.1) is 23.7 Å². The van der Waals surface area contributed by atoms with Gasteiger partial charge in [-0.05, 0) is 42.5 Å². The molecule has 3 aromatic carbocycles. The first-order valence-corrected chi connectivity index (χ1v) is 9.99. The van der Waals surface area contributed by atoms with Crippen LogP contribution in [0.1, 0.15) is 32.6 Å². The van der Waals surface area contributed by atoms with E-state index in [9.17, 15) is 4.79 Å². The summed E-state index contributed by atoms with van der Waals surface area (Å²) >= 11 is 0. The third-order valence-corrected chi connectivity index (χ3v) is 4.89. The van der Waals surface area contributed by atoms with E-state index >= 15 is 0 Å². The normalized spacial score (nSPS) is 10.9. The number of esters is 1. The topological polar surface area (TPSA) is 63.2 Å². The van der Waals surface area contributed by atoms with Gasteiger partial charge in [-0.3, -0.25) is 0 Å². The van der Waals surface area contributed by atoms with Gasteiger partial charge in [-0.2, -0.15) is 0 Å². The van der Waals surface area contributed by atoms with Gasteiger partial charge < -0.3 is 23.7 Å². The van der Waals surface area contributed by atoms with E-state index < -0.39 is 5.97 Å². The highest BCUT2D eigenvalue weighted by Gasteiger charge is 2.13. The standard InChI is InChI=1S/C27H20O6/c1-29-24-15-21(11-6-18-4-9-20(10-5-18)27(28)31-3)22(16-25(24)30-2)12-7-19-8-13-23-26(14-19)33-17-32-23/h4-5,8-10,13-16H,17H2,1-3H3. The summed E-state index contributed by atoms with van der Waals surface area (Å²) in [4.78, 5) is 11.6. The maximum Gasteiger partial charge on any atom is 0.337 e. The van der Waals surface area contributed by atoms with E-state index in [4.69, 9.17) is 23.7 Å². The molecule has 33 heavy (non-hydrogen) atoms. The van der Waals surface area contributed by atoms with Crippen LogP contribution in [0.5, 0.6) is 23.0 Å². The van der Waals surface area contributed by atoms with Crippen LogP contribution in [0.4, 0.5) is 0 Å². The zero-order valence-corrected chi connectivity index (χ0v) is 18.4. The first-order valence-electron chi connectivity index (χ1n) is 9.99. The molecule has 0 amide bonds. The summed E-state index contributed by atoms with van der Waals surface area (Å²) in [6, 6.07) is 16.0. The van der Waals surface area contributed by atoms with Crippen molar-refractivity contribution in [2.45, 2.75) is 0 Å². The molecule has 1 aliphatic heterocycles. The minimum atomic E-state index is -0.393. The molecule has 0 fully saturated rings. The van der Waals surface area contributed by atoms with Gasteiger partial charge in [0.25, 0.3) is 0 Å². The number of methoxy groups -OCH3 is 3. The number of rotatable bonds is 3. The molecule has 6 heteroatoms. The molecule has 0 spiro atoms. The summed E-state index contributed by atoms with van der Waals surface area (Å²) in [5.41, 5.74) is 3.35. The smallest absolute Gasteiger partial charge is 0.337 e. The van der Waals surface area contributed by atoms with E-state index in [0.717, 1.165) is 11.1 Å². The lowest BCUT2D eigenvalue weighted by Gasteiger charge is -2.09. The fourth-order valence-electron chi connectivity index (χ4n) is 3.15. The first-order chi connectivity index (χ1) is 16.1. The van der Waals surface area contributed by atoms with E-state index in [2.05, 4.69) is 23.7 Å². The number of carbonyl (C=O) groups is 1. The van der Waals surface area contributed by atoms with Crippen LogP contribution in [0.15, 0.2) is 54.6 Å². The summed E-state index contributed by atoms with van der Waals surface area (Å²) < 4.78 is 26.4. The highest BCUT2D eigenvalue weighted by molar-refractivity contribution is 5.89. The van der Waals surface area contributed by atoms with Crippen molar-refractivity contribution in [1.29, 1.82) is 0 Å². The van der Waals surface area contributed by atoms with Crippen molar-refractivity contribution in [3.05, 3.63) is 82.4 Å². The van der Waals surface area contributed by atoms with Crippen molar-refractivity contribution >= 4 is 5.97 Å². The van der Waals surface area contributed by atoms with E-state index in [0.29, 0.717) is 39.7 Å². The Hall–Kier alpha value is -4.55. The Morgan fingerprint density at radius 1 is 0.727 bits per heavy atom. The second-order valence-electron chi connectivity index (χ2n) is 6.89. The Morgan fingerprint density at radius 2 is 1.30 bits per heavy atom. The molecule has 0 bridgehead atoms. The van der Waals surface area contributed by atoms with Gasteiger partial charge >= 0.3 is 5.97 Å². The van der Waals surface area contributed by atoms with Crippen LogP contribution >= 0.6 is 0 Å². The molecule has 6 nitrogen and oxygen atoms in total. The van der Waals surface area contributed by atoms with Gasteiger partial charge in [-0.15, -0.1) is 0 Å². The largest absolute Gasteiger partial charge is 0.493 e. The van der Waals surface area contributed by atoms with Gasteiger partial charge in [0.15, 0.2) is 23.0 Å². The molecule has 0 N–H and O–H groups in total. The van der Waals surface area contributed by atoms with Crippen LogP contribution < -0.4 is 18.9 Å². The summed E-state index contributed by atoms with van der Waals surface area (Å²) in [5.74, 6) is 14.7. The number of hydrogen-bond acceptors (Lipinski definition) is 6. The predicted molar refractivity (Wildman–Crippen MR) is 122 cm³/mol. The van der Waals surface area contributed by atoms with Crippen LogP contribution in [0.25, 0.3) is 0 Å². The van der Waals surface area contributed by atoms with Gasteiger partial charge in [0, 0.05) is 34.4 Å². The average Bonchev–Trinajstić information content (AvgIpc) is 3.33. The lowest BCUT2D eigenvalue weighted by Crippen LogP contribution is -2.00. The third kappa shape index (κ3) is 4.87. The van der Waals surface area contributed by atoms with E-state index in [1.807, 2.05) is 18.2 Å². The number of hydrogen-bond donors (Lipinski definition) is 0. The number of benzene rings is 3. The summed E-state index contributed by atoms with van der Waals surface area (Å²) in [6.45, 7) is 0.211. The number of fused-ring (bicyclic) bond motifs is 1. The fourth-order valence-corrected chi connectivity index (χ4v) is 3.15. The maximum atomic E-state index is 11.6. The minimum absolute atomic E-state index is 0.211. The molecule has 0 aromatic heterocycles. The van der Waals surface area contributed by atoms with Crippen LogP contribution in [-0.2, 0) is 4.74 Å². The summed E-state index contributed by atoms with van der Waals surface area (Å²) in [7, 11) is 4.49. The van der Waals surface area contributed by atoms with E-state index in [1.54, 1.807) is 50.6 Å². The van der Waals surface area contributed by atoms with Gasteiger partial charge in [0.05, 0.1) is 26.9 Å². The van der Waals surface area contributed by atoms with Gasteiger partial charge in [0.2, 0.25) is 6.79 Å². The predicted octanol–water partition coefficient (Wildman–Crippen LogP) is 4.02. The molecule has 0 saturated carbocycles. The molecule has 0 atom stereocenters. The Bertz CT molecular complexity index is 1320. The van der Waals surface area contributed by atoms with Crippen LogP contribution in [-0.4, -0.2) is 34.1 Å². The first kappa shape index (κ1) is 21.7. The van der Waals surface area contributed by atoms with Crippen LogP contribution in [0.2, 0.25) is 0 Å². The van der Waals surface area contributed by atoms with Crippen molar-refractivity contribution in [2.75, 3.05) is 28.1 Å². The zero-order chi connectivity index (χ0) is 23.2. The second-order valence-corrected chi connectivity index (χ2v) is 6.89. The molecule has 0 aliphatic carbocycles. The molecule has 1 heterocycles. The monoisotopic (exact) mass is 440 g/mol. The lowest BCUT2D eigenvalue weighted by atomic mass is 10.0. The van der Waals surface area contributed by atoms with Crippen molar-refractivity contribution in [3.8, 4) is 46.7 Å². The van der Waals surface area contributed by atoms with Crippen molar-refractivity contribution in [2.24, 2.45) is 0 Å². The molecular weight excluding hydrogens is 420 g/mol. The Labute approximate surface area is 192 Å². The Morgan fingerprint density at radius 3 is 1.91 bits per heavy atom. The highest BCUT2D eigenvalue weighted by atomic mass is 16.7. The van der Waals surface area contributed by atoms with Crippen molar-refractivity contribution in [3.63, 3.8) is 0 Å². The molecule has 1 aliphatic rings. The molecular formula is C27H20O6. The average molecular weight is 440 g/mol. The number of ether oxygens (including phenoxy) is 5. The number of carbonyl (C=O) groups excluding carboxylic acids is 1. The second kappa shape index (κ2) is 9.72. The highest BCUT2D eigenvalue weighted by Crippen LogP contribution is 2.33. The summed E-state index contributed by atoms with van der Waals surface area (Å²) in [5, 5.41) is 0. The fraction of sp³-hybridized carbons (Fsp3) is 0.148.